The Bertz CT molecular complexity index is 901. The van der Waals surface area contributed by atoms with Gasteiger partial charge in [-0.3, -0.25) is 9.48 Å². The van der Waals surface area contributed by atoms with Crippen molar-refractivity contribution in [2.24, 2.45) is 7.05 Å². The summed E-state index contributed by atoms with van der Waals surface area (Å²) in [5.41, 5.74) is 2.64. The standard InChI is InChI=1S/C17H25N5O3S/c1-12-5-6-13(2)22(12)16-15(11-18-20(16)3)17(23)21-9-7-14(8-10-21)19-26(4,24)25/h5-6,11,14,19H,7-10H2,1-4H3. The number of likely N-dealkylation sites (tertiary alicyclic amines) is 1. The van der Waals surface area contributed by atoms with Crippen LogP contribution in [0.25, 0.3) is 5.82 Å². The third-order valence-electron chi connectivity index (χ3n) is 4.78. The lowest BCUT2D eigenvalue weighted by atomic mass is 10.1. The van der Waals surface area contributed by atoms with Crippen molar-refractivity contribution >= 4 is 15.9 Å². The second-order valence-electron chi connectivity index (χ2n) is 6.91. The minimum absolute atomic E-state index is 0.0709. The molecule has 142 valence electrons. The fourth-order valence-corrected chi connectivity index (χ4v) is 4.36. The Morgan fingerprint density at radius 3 is 2.31 bits per heavy atom. The van der Waals surface area contributed by atoms with E-state index in [2.05, 4.69) is 9.82 Å². The van der Waals surface area contributed by atoms with Gasteiger partial charge in [0.15, 0.2) is 0 Å². The Morgan fingerprint density at radius 2 is 1.77 bits per heavy atom. The predicted molar refractivity (Wildman–Crippen MR) is 98.9 cm³/mol. The van der Waals surface area contributed by atoms with Crippen LogP contribution >= 0.6 is 0 Å². The Balaban J connectivity index is 1.80. The first-order valence-corrected chi connectivity index (χ1v) is 10.5. The highest BCUT2D eigenvalue weighted by Crippen LogP contribution is 2.22. The average Bonchev–Trinajstić information content (AvgIpc) is 3.08. The third kappa shape index (κ3) is 3.68. The van der Waals surface area contributed by atoms with E-state index in [0.717, 1.165) is 23.5 Å². The quantitative estimate of drug-likeness (QED) is 0.858. The normalized spacial score (nSPS) is 16.2. The van der Waals surface area contributed by atoms with Crippen LogP contribution in [0.15, 0.2) is 18.3 Å². The van der Waals surface area contributed by atoms with Gasteiger partial charge in [-0.05, 0) is 38.8 Å². The molecular formula is C17H25N5O3S. The van der Waals surface area contributed by atoms with Gasteiger partial charge in [-0.1, -0.05) is 0 Å². The number of nitrogens with one attached hydrogen (secondary N) is 1. The molecule has 2 aromatic heterocycles. The number of carbonyl (C=O) groups is 1. The summed E-state index contributed by atoms with van der Waals surface area (Å²) in [4.78, 5) is 14.8. The molecule has 0 spiro atoms. The van der Waals surface area contributed by atoms with Crippen molar-refractivity contribution in [2.75, 3.05) is 19.3 Å². The van der Waals surface area contributed by atoms with E-state index in [0.29, 0.717) is 31.5 Å². The summed E-state index contributed by atoms with van der Waals surface area (Å²) in [5, 5.41) is 4.29. The van der Waals surface area contributed by atoms with Crippen LogP contribution in [0.3, 0.4) is 0 Å². The van der Waals surface area contributed by atoms with Gasteiger partial charge in [-0.2, -0.15) is 5.10 Å². The van der Waals surface area contributed by atoms with Crippen LogP contribution in [0.1, 0.15) is 34.6 Å². The third-order valence-corrected chi connectivity index (χ3v) is 5.55. The maximum atomic E-state index is 13.1. The lowest BCUT2D eigenvalue weighted by Crippen LogP contribution is -2.46. The lowest BCUT2D eigenvalue weighted by molar-refractivity contribution is 0.0711. The van der Waals surface area contributed by atoms with Crippen LogP contribution in [-0.4, -0.2) is 59.0 Å². The fraction of sp³-hybridized carbons (Fsp3) is 0.529. The van der Waals surface area contributed by atoms with Crippen LogP contribution in [0.4, 0.5) is 0 Å². The lowest BCUT2D eigenvalue weighted by Gasteiger charge is -2.32. The minimum Gasteiger partial charge on any atom is -0.338 e. The highest BCUT2D eigenvalue weighted by atomic mass is 32.2. The van der Waals surface area contributed by atoms with Crippen LogP contribution in [0.5, 0.6) is 0 Å². The molecule has 3 heterocycles. The number of sulfonamides is 1. The van der Waals surface area contributed by atoms with Gasteiger partial charge in [0, 0.05) is 37.6 Å². The van der Waals surface area contributed by atoms with Gasteiger partial charge in [0.1, 0.15) is 11.4 Å². The van der Waals surface area contributed by atoms with E-state index >= 15 is 0 Å². The molecule has 1 aliphatic rings. The zero-order valence-electron chi connectivity index (χ0n) is 15.6. The molecular weight excluding hydrogens is 354 g/mol. The molecule has 1 saturated heterocycles. The van der Waals surface area contributed by atoms with Crippen molar-refractivity contribution in [1.29, 1.82) is 0 Å². The predicted octanol–water partition coefficient (Wildman–Crippen LogP) is 0.981. The summed E-state index contributed by atoms with van der Waals surface area (Å²) in [6.45, 7) is 5.03. The molecule has 0 radical (unpaired) electrons. The van der Waals surface area contributed by atoms with Gasteiger partial charge in [-0.25, -0.2) is 13.1 Å². The van der Waals surface area contributed by atoms with E-state index in [1.54, 1.807) is 15.8 Å². The maximum absolute atomic E-state index is 13.1. The summed E-state index contributed by atoms with van der Waals surface area (Å²) in [7, 11) is -1.40. The number of carbonyl (C=O) groups excluding carboxylic acids is 1. The molecule has 26 heavy (non-hydrogen) atoms. The van der Waals surface area contributed by atoms with Gasteiger partial charge in [0.25, 0.3) is 5.91 Å². The second-order valence-corrected chi connectivity index (χ2v) is 8.69. The Labute approximate surface area is 153 Å². The van der Waals surface area contributed by atoms with Gasteiger partial charge in [-0.15, -0.1) is 0 Å². The molecule has 0 unspecified atom stereocenters. The molecule has 0 aromatic carbocycles. The number of amides is 1. The number of aromatic nitrogens is 3. The van der Waals surface area contributed by atoms with Crippen LogP contribution in [0.2, 0.25) is 0 Å². The minimum atomic E-state index is -3.23. The van der Waals surface area contributed by atoms with Crippen molar-refractivity contribution in [1.82, 2.24) is 24.0 Å². The Morgan fingerprint density at radius 1 is 1.19 bits per heavy atom. The van der Waals surface area contributed by atoms with Gasteiger partial charge >= 0.3 is 0 Å². The zero-order valence-corrected chi connectivity index (χ0v) is 16.4. The van der Waals surface area contributed by atoms with Crippen LogP contribution < -0.4 is 4.72 Å². The molecule has 2 aromatic rings. The van der Waals surface area contributed by atoms with E-state index in [1.165, 1.54) is 0 Å². The van der Waals surface area contributed by atoms with Crippen molar-refractivity contribution < 1.29 is 13.2 Å². The molecule has 8 nitrogen and oxygen atoms in total. The summed E-state index contributed by atoms with van der Waals surface area (Å²) in [6.07, 6.45) is 3.98. The van der Waals surface area contributed by atoms with E-state index in [1.807, 2.05) is 37.6 Å². The number of piperidine rings is 1. The second kappa shape index (κ2) is 6.88. The Kier molecular flexibility index (Phi) is 4.94. The van der Waals surface area contributed by atoms with E-state index in [-0.39, 0.29) is 11.9 Å². The fourth-order valence-electron chi connectivity index (χ4n) is 3.52. The summed E-state index contributed by atoms with van der Waals surface area (Å²) in [6, 6.07) is 3.91. The molecule has 3 rings (SSSR count). The van der Waals surface area contributed by atoms with Gasteiger partial charge < -0.3 is 9.47 Å². The van der Waals surface area contributed by atoms with Crippen LogP contribution in [0, 0.1) is 13.8 Å². The highest BCUT2D eigenvalue weighted by molar-refractivity contribution is 7.88. The van der Waals surface area contributed by atoms with Crippen molar-refractivity contribution in [3.05, 3.63) is 35.3 Å². The zero-order chi connectivity index (χ0) is 19.1. The number of rotatable bonds is 4. The molecule has 0 bridgehead atoms. The van der Waals surface area contributed by atoms with Gasteiger partial charge in [0.2, 0.25) is 10.0 Å². The monoisotopic (exact) mass is 379 g/mol. The topological polar surface area (TPSA) is 89.2 Å². The van der Waals surface area contributed by atoms with E-state index < -0.39 is 10.0 Å². The largest absolute Gasteiger partial charge is 0.338 e. The molecule has 0 aliphatic carbocycles. The number of hydrogen-bond donors (Lipinski definition) is 1. The molecule has 1 aliphatic heterocycles. The average molecular weight is 379 g/mol. The highest BCUT2D eigenvalue weighted by Gasteiger charge is 2.28. The van der Waals surface area contributed by atoms with Gasteiger partial charge in [0.05, 0.1) is 12.5 Å². The van der Waals surface area contributed by atoms with Crippen molar-refractivity contribution in [3.63, 3.8) is 0 Å². The van der Waals surface area contributed by atoms with Crippen molar-refractivity contribution in [3.8, 4) is 5.82 Å². The Hall–Kier alpha value is -2.13. The number of hydrogen-bond acceptors (Lipinski definition) is 4. The smallest absolute Gasteiger partial charge is 0.259 e. The number of aryl methyl sites for hydroxylation is 3. The molecule has 1 fully saturated rings. The van der Waals surface area contributed by atoms with E-state index in [4.69, 9.17) is 0 Å². The molecule has 1 amide bonds. The van der Waals surface area contributed by atoms with Crippen molar-refractivity contribution in [2.45, 2.75) is 32.7 Å². The van der Waals surface area contributed by atoms with Crippen LogP contribution in [-0.2, 0) is 17.1 Å². The molecule has 0 atom stereocenters. The summed E-state index contributed by atoms with van der Waals surface area (Å²) >= 11 is 0. The first kappa shape index (κ1) is 18.7. The number of nitrogens with zero attached hydrogens (tertiary/aromatic N) is 4. The molecule has 0 saturated carbocycles. The molecule has 9 heteroatoms. The molecule has 1 N–H and O–H groups in total. The first-order valence-electron chi connectivity index (χ1n) is 8.61. The first-order chi connectivity index (χ1) is 12.2. The maximum Gasteiger partial charge on any atom is 0.259 e. The summed E-state index contributed by atoms with van der Waals surface area (Å²) in [5.74, 6) is 0.685. The van der Waals surface area contributed by atoms with E-state index in [9.17, 15) is 13.2 Å². The summed E-state index contributed by atoms with van der Waals surface area (Å²) < 4.78 is 29.1. The SMILES string of the molecule is Cc1ccc(C)n1-c1c(C(=O)N2CCC(NS(C)(=O)=O)CC2)cnn1C.